The minimum absolute atomic E-state index is 0. The molecule has 0 fully saturated rings. The number of aliphatic hydroxyl groups excluding tert-OH is 1. The number of aliphatic hydroxyl groups is 1. The van der Waals surface area contributed by atoms with Crippen molar-refractivity contribution >= 4 is 12.4 Å². The molecule has 33 heavy (non-hydrogen) atoms. The van der Waals surface area contributed by atoms with Gasteiger partial charge in [0.15, 0.2) is 0 Å². The molecule has 3 heterocycles. The first-order valence-corrected chi connectivity index (χ1v) is 11.2. The number of pyridine rings is 1. The molecule has 0 saturated carbocycles. The van der Waals surface area contributed by atoms with Crippen molar-refractivity contribution in [3.05, 3.63) is 89.6 Å². The number of benzene rings is 1. The van der Waals surface area contributed by atoms with E-state index in [0.717, 1.165) is 42.6 Å². The molecule has 3 aromatic heterocycles. The van der Waals surface area contributed by atoms with Gasteiger partial charge in [0.25, 0.3) is 0 Å². The highest BCUT2D eigenvalue weighted by molar-refractivity contribution is 5.85. The lowest BCUT2D eigenvalue weighted by Crippen LogP contribution is -2.25. The first-order chi connectivity index (χ1) is 15.8. The van der Waals surface area contributed by atoms with Crippen molar-refractivity contribution in [3.8, 4) is 11.3 Å². The molecule has 5 rings (SSSR count). The first kappa shape index (κ1) is 23.2. The van der Waals surface area contributed by atoms with Crippen LogP contribution in [-0.2, 0) is 26.1 Å². The van der Waals surface area contributed by atoms with E-state index in [4.69, 9.17) is 5.10 Å². The maximum atomic E-state index is 9.31. The molecule has 2 N–H and O–H groups in total. The molecule has 4 aromatic rings. The smallest absolute Gasteiger partial charge is 0.0983 e. The topological polar surface area (TPSA) is 80.8 Å². The summed E-state index contributed by atoms with van der Waals surface area (Å²) in [6.07, 6.45) is 11.0. The molecule has 1 atom stereocenters. The first-order valence-electron chi connectivity index (χ1n) is 11.2. The average Bonchev–Trinajstić information content (AvgIpc) is 3.44. The third-order valence-electron chi connectivity index (χ3n) is 6.07. The second-order valence-electron chi connectivity index (χ2n) is 8.25. The quantitative estimate of drug-likeness (QED) is 0.415. The van der Waals surface area contributed by atoms with Crippen LogP contribution in [0.2, 0.25) is 0 Å². The van der Waals surface area contributed by atoms with Gasteiger partial charge in [0.05, 0.1) is 31.6 Å². The van der Waals surface area contributed by atoms with Crippen LogP contribution in [0.1, 0.15) is 41.3 Å². The Kier molecular flexibility index (Phi) is 7.54. The number of nitrogens with zero attached hydrogens (tertiary/aromatic N) is 5. The van der Waals surface area contributed by atoms with E-state index >= 15 is 0 Å². The van der Waals surface area contributed by atoms with Crippen LogP contribution >= 0.6 is 12.4 Å². The van der Waals surface area contributed by atoms with Gasteiger partial charge in [-0.1, -0.05) is 30.3 Å². The summed E-state index contributed by atoms with van der Waals surface area (Å²) in [5, 5.41) is 22.5. The largest absolute Gasteiger partial charge is 0.394 e. The van der Waals surface area contributed by atoms with E-state index in [1.54, 1.807) is 6.20 Å². The van der Waals surface area contributed by atoms with Gasteiger partial charge in [-0.15, -0.1) is 12.4 Å². The van der Waals surface area contributed by atoms with Crippen molar-refractivity contribution in [2.24, 2.45) is 0 Å². The van der Waals surface area contributed by atoms with Gasteiger partial charge in [-0.25, -0.2) is 0 Å². The molecule has 0 spiro atoms. The zero-order valence-corrected chi connectivity index (χ0v) is 19.3. The van der Waals surface area contributed by atoms with Gasteiger partial charge in [0, 0.05) is 53.6 Å². The molecule has 1 aromatic carbocycles. The second-order valence-corrected chi connectivity index (χ2v) is 8.25. The molecule has 8 heteroatoms. The van der Waals surface area contributed by atoms with E-state index in [1.807, 2.05) is 33.9 Å². The third-order valence-corrected chi connectivity index (χ3v) is 6.07. The van der Waals surface area contributed by atoms with Crippen molar-refractivity contribution in [1.29, 1.82) is 0 Å². The molecule has 0 radical (unpaired) electrons. The van der Waals surface area contributed by atoms with E-state index in [0.29, 0.717) is 13.1 Å². The molecule has 1 aliphatic rings. The standard InChI is InChI=1S/C25H28N6O.ClH/c32-13-12-31-24-10-4-9-23(22(24)16-28-31)27-15-21-18-30(17-19-6-2-1-3-7-19)29-25(21)20-8-5-11-26-14-20;/h1-3,5-8,11,14,16,18,23,27,32H,4,9-10,12-13,15,17H2;1H. The van der Waals surface area contributed by atoms with E-state index < -0.39 is 0 Å². The van der Waals surface area contributed by atoms with Crippen LogP contribution in [-0.4, -0.2) is 36.3 Å². The van der Waals surface area contributed by atoms with Crippen molar-refractivity contribution in [2.45, 2.75) is 44.9 Å². The summed E-state index contributed by atoms with van der Waals surface area (Å²) < 4.78 is 3.96. The van der Waals surface area contributed by atoms with Gasteiger partial charge in [-0.3, -0.25) is 14.3 Å². The van der Waals surface area contributed by atoms with Crippen molar-refractivity contribution in [1.82, 2.24) is 29.9 Å². The highest BCUT2D eigenvalue weighted by Gasteiger charge is 2.24. The number of hydrogen-bond acceptors (Lipinski definition) is 5. The molecule has 1 aliphatic carbocycles. The molecular formula is C25H29ClN6O. The molecule has 0 bridgehead atoms. The predicted octanol–water partition coefficient (Wildman–Crippen LogP) is 3.77. The average molecular weight is 465 g/mol. The zero-order chi connectivity index (χ0) is 21.8. The number of aromatic nitrogens is 5. The van der Waals surface area contributed by atoms with Crippen LogP contribution in [0.3, 0.4) is 0 Å². The highest BCUT2D eigenvalue weighted by atomic mass is 35.5. The minimum Gasteiger partial charge on any atom is -0.394 e. The van der Waals surface area contributed by atoms with Gasteiger partial charge in [0.2, 0.25) is 0 Å². The number of fused-ring (bicyclic) bond motifs is 1. The monoisotopic (exact) mass is 464 g/mol. The SMILES string of the molecule is Cl.OCCn1ncc2c1CCCC2NCc1cn(Cc2ccccc2)nc1-c1cccnc1. The summed E-state index contributed by atoms with van der Waals surface area (Å²) in [6, 6.07) is 14.7. The lowest BCUT2D eigenvalue weighted by atomic mass is 9.92. The third kappa shape index (κ3) is 5.16. The van der Waals surface area contributed by atoms with Crippen LogP contribution in [0.5, 0.6) is 0 Å². The predicted molar refractivity (Wildman–Crippen MR) is 130 cm³/mol. The Hall–Kier alpha value is -3.00. The molecular weight excluding hydrogens is 436 g/mol. The number of rotatable bonds is 8. The summed E-state index contributed by atoms with van der Waals surface area (Å²) in [5.74, 6) is 0. The van der Waals surface area contributed by atoms with E-state index in [2.05, 4.69) is 51.9 Å². The molecule has 0 saturated heterocycles. The maximum absolute atomic E-state index is 9.31. The Morgan fingerprint density at radius 2 is 1.97 bits per heavy atom. The van der Waals surface area contributed by atoms with Crippen LogP contribution in [0, 0.1) is 0 Å². The lowest BCUT2D eigenvalue weighted by Gasteiger charge is -2.24. The summed E-state index contributed by atoms with van der Waals surface area (Å²) >= 11 is 0. The fourth-order valence-electron chi connectivity index (χ4n) is 4.54. The Labute approximate surface area is 199 Å². The normalized spacial score (nSPS) is 15.1. The summed E-state index contributed by atoms with van der Waals surface area (Å²) in [5.41, 5.74) is 6.87. The van der Waals surface area contributed by atoms with E-state index in [9.17, 15) is 5.11 Å². The van der Waals surface area contributed by atoms with Gasteiger partial charge >= 0.3 is 0 Å². The summed E-state index contributed by atoms with van der Waals surface area (Å²) in [7, 11) is 0. The van der Waals surface area contributed by atoms with Crippen LogP contribution in [0.4, 0.5) is 0 Å². The molecule has 1 unspecified atom stereocenters. The summed E-state index contributed by atoms with van der Waals surface area (Å²) in [6.45, 7) is 2.12. The van der Waals surface area contributed by atoms with Crippen molar-refractivity contribution in [3.63, 3.8) is 0 Å². The Bertz CT molecular complexity index is 1160. The van der Waals surface area contributed by atoms with Crippen LogP contribution < -0.4 is 5.32 Å². The van der Waals surface area contributed by atoms with Crippen LogP contribution in [0.25, 0.3) is 11.3 Å². The van der Waals surface area contributed by atoms with Crippen LogP contribution in [0.15, 0.2) is 67.3 Å². The van der Waals surface area contributed by atoms with Crippen molar-refractivity contribution < 1.29 is 5.11 Å². The van der Waals surface area contributed by atoms with Gasteiger partial charge in [-0.05, 0) is 37.0 Å². The number of hydrogen-bond donors (Lipinski definition) is 2. The minimum atomic E-state index is 0. The summed E-state index contributed by atoms with van der Waals surface area (Å²) in [4.78, 5) is 4.29. The molecule has 7 nitrogen and oxygen atoms in total. The Balaban J connectivity index is 0.00000259. The fraction of sp³-hybridized carbons (Fsp3) is 0.320. The molecule has 0 aliphatic heterocycles. The lowest BCUT2D eigenvalue weighted by molar-refractivity contribution is 0.266. The van der Waals surface area contributed by atoms with Gasteiger partial charge in [-0.2, -0.15) is 10.2 Å². The second kappa shape index (κ2) is 10.7. The Morgan fingerprint density at radius 1 is 1.09 bits per heavy atom. The number of halogens is 1. The van der Waals surface area contributed by atoms with Gasteiger partial charge in [0.1, 0.15) is 0 Å². The Morgan fingerprint density at radius 3 is 2.76 bits per heavy atom. The molecule has 172 valence electrons. The van der Waals surface area contributed by atoms with E-state index in [-0.39, 0.29) is 25.1 Å². The van der Waals surface area contributed by atoms with Crippen molar-refractivity contribution in [2.75, 3.05) is 6.61 Å². The molecule has 0 amide bonds. The fourth-order valence-corrected chi connectivity index (χ4v) is 4.54. The van der Waals surface area contributed by atoms with Gasteiger partial charge < -0.3 is 10.4 Å². The highest BCUT2D eigenvalue weighted by Crippen LogP contribution is 2.30. The maximum Gasteiger partial charge on any atom is 0.0983 e. The van der Waals surface area contributed by atoms with E-state index in [1.165, 1.54) is 16.8 Å². The zero-order valence-electron chi connectivity index (χ0n) is 18.5. The number of nitrogens with one attached hydrogen (secondary N) is 1.